The van der Waals surface area contributed by atoms with E-state index in [0.29, 0.717) is 0 Å². The van der Waals surface area contributed by atoms with Gasteiger partial charge >= 0.3 is 0 Å². The van der Waals surface area contributed by atoms with E-state index < -0.39 is 0 Å². The van der Waals surface area contributed by atoms with Gasteiger partial charge in [-0.2, -0.15) is 5.10 Å². The van der Waals surface area contributed by atoms with E-state index in [9.17, 15) is 9.18 Å². The zero-order chi connectivity index (χ0) is 17.8. The van der Waals surface area contributed by atoms with E-state index in [-0.39, 0.29) is 5.82 Å². The summed E-state index contributed by atoms with van der Waals surface area (Å²) in [5.41, 5.74) is 4.89. The number of carbonyl (C=O) groups excluding carboxylic acids is 1. The molecule has 1 N–H and O–H groups in total. The highest BCUT2D eigenvalue weighted by Gasteiger charge is 2.15. The number of hydrogen-bond acceptors (Lipinski definition) is 4. The van der Waals surface area contributed by atoms with Crippen LogP contribution in [0.3, 0.4) is 0 Å². The second kappa shape index (κ2) is 11.2. The van der Waals surface area contributed by atoms with Crippen LogP contribution in [0, 0.1) is 5.82 Å². The van der Waals surface area contributed by atoms with Gasteiger partial charge in [-0.15, -0.1) is 0 Å². The van der Waals surface area contributed by atoms with Gasteiger partial charge < -0.3 is 15.2 Å². The highest BCUT2D eigenvalue weighted by Crippen LogP contribution is 2.16. The molecule has 1 aromatic carbocycles. The van der Waals surface area contributed by atoms with Crippen molar-refractivity contribution in [2.45, 2.75) is 20.3 Å². The maximum Gasteiger partial charge on any atom is 0.209 e. The van der Waals surface area contributed by atoms with Gasteiger partial charge in [0.1, 0.15) is 5.82 Å². The number of benzene rings is 1. The van der Waals surface area contributed by atoms with Crippen molar-refractivity contribution in [2.24, 2.45) is 5.10 Å². The van der Waals surface area contributed by atoms with Crippen molar-refractivity contribution in [3.05, 3.63) is 42.2 Å². The molecule has 0 aromatic heterocycles. The fourth-order valence-electron chi connectivity index (χ4n) is 2.06. The second-order valence-electron chi connectivity index (χ2n) is 5.39. The molecule has 1 saturated heterocycles. The number of halogens is 1. The van der Waals surface area contributed by atoms with Crippen molar-refractivity contribution in [1.29, 1.82) is 0 Å². The number of carbonyl (C=O) groups is 1. The molecule has 1 aromatic rings. The molecule has 1 amide bonds. The second-order valence-corrected chi connectivity index (χ2v) is 5.39. The monoisotopic (exact) mass is 334 g/mol. The van der Waals surface area contributed by atoms with Crippen LogP contribution in [0.5, 0.6) is 0 Å². The number of allylic oxidation sites excluding steroid dienone is 1. The van der Waals surface area contributed by atoms with Crippen molar-refractivity contribution in [2.75, 3.05) is 37.6 Å². The third kappa shape index (κ3) is 7.26. The van der Waals surface area contributed by atoms with Gasteiger partial charge in [-0.25, -0.2) is 4.39 Å². The summed E-state index contributed by atoms with van der Waals surface area (Å²) in [5.74, 6) is -0.217. The molecule has 0 aliphatic carbocycles. The number of anilines is 1. The van der Waals surface area contributed by atoms with Crippen molar-refractivity contribution in [1.82, 2.24) is 10.3 Å². The molecule has 0 bridgehead atoms. The lowest BCUT2D eigenvalue weighted by molar-refractivity contribution is -0.118. The van der Waals surface area contributed by atoms with Crippen molar-refractivity contribution >= 4 is 18.3 Å². The molecule has 2 rings (SSSR count). The lowest BCUT2D eigenvalue weighted by Gasteiger charge is -2.34. The first-order chi connectivity index (χ1) is 11.6. The number of nitrogens with zero attached hydrogens (tertiary/aromatic N) is 3. The Morgan fingerprint density at radius 1 is 1.25 bits per heavy atom. The Balaban J connectivity index is 0.000000277. The molecule has 1 aliphatic rings. The fraction of sp³-hybridized carbons (Fsp3) is 0.444. The van der Waals surface area contributed by atoms with E-state index in [1.165, 1.54) is 12.1 Å². The lowest BCUT2D eigenvalue weighted by atomic mass is 10.2. The van der Waals surface area contributed by atoms with Crippen LogP contribution in [0.4, 0.5) is 10.1 Å². The van der Waals surface area contributed by atoms with Gasteiger partial charge in [-0.1, -0.05) is 13.5 Å². The Kier molecular flexibility index (Phi) is 9.19. The normalized spacial score (nSPS) is 14.1. The van der Waals surface area contributed by atoms with E-state index in [4.69, 9.17) is 0 Å². The summed E-state index contributed by atoms with van der Waals surface area (Å²) < 4.78 is 12.7. The van der Waals surface area contributed by atoms with Gasteiger partial charge in [0.15, 0.2) is 0 Å². The first-order valence-corrected chi connectivity index (χ1v) is 8.24. The summed E-state index contributed by atoms with van der Waals surface area (Å²) in [6.45, 7) is 11.8. The number of hydrazone groups is 1. The highest BCUT2D eigenvalue weighted by molar-refractivity contribution is 5.77. The van der Waals surface area contributed by atoms with Crippen LogP contribution in [-0.4, -0.2) is 50.2 Å². The van der Waals surface area contributed by atoms with Gasteiger partial charge in [-0.3, -0.25) is 4.79 Å². The van der Waals surface area contributed by atoms with Crippen molar-refractivity contribution in [3.8, 4) is 0 Å². The number of amides is 1. The summed E-state index contributed by atoms with van der Waals surface area (Å²) in [4.78, 5) is 14.4. The maximum atomic E-state index is 12.7. The standard InChI is InChI=1S/C11H13FN2O.C7H14N2/c12-10-1-3-11(4-2-10)14-7-5-13(9-15)6-8-14;1-4-7(3)6-9-8-5-2/h1-4,9H,5-8H2;6,8H,3-5H2,1-2H3/b;9-6-. The van der Waals surface area contributed by atoms with Crippen molar-refractivity contribution < 1.29 is 9.18 Å². The van der Waals surface area contributed by atoms with Gasteiger partial charge in [0.05, 0.1) is 0 Å². The topological polar surface area (TPSA) is 47.9 Å². The number of nitrogens with one attached hydrogen (secondary N) is 1. The minimum Gasteiger partial charge on any atom is -0.368 e. The summed E-state index contributed by atoms with van der Waals surface area (Å²) in [6.07, 6.45) is 3.60. The Labute approximate surface area is 143 Å². The van der Waals surface area contributed by atoms with Crippen LogP contribution in [0.2, 0.25) is 0 Å². The molecular weight excluding hydrogens is 307 g/mol. The average molecular weight is 334 g/mol. The molecule has 5 nitrogen and oxygen atoms in total. The SMILES string of the molecule is C=C(/C=N\NCC)CC.O=CN1CCN(c2ccc(F)cc2)CC1. The molecular formula is C18H27FN4O. The van der Waals surface area contributed by atoms with E-state index in [2.05, 4.69) is 28.9 Å². The molecule has 1 heterocycles. The maximum absolute atomic E-state index is 12.7. The molecule has 0 spiro atoms. The summed E-state index contributed by atoms with van der Waals surface area (Å²) >= 11 is 0. The zero-order valence-corrected chi connectivity index (χ0v) is 14.5. The number of piperazine rings is 1. The first kappa shape index (κ1) is 19.7. The minimum atomic E-state index is -0.217. The Morgan fingerprint density at radius 2 is 1.88 bits per heavy atom. The predicted molar refractivity (Wildman–Crippen MR) is 97.8 cm³/mol. The Bertz CT molecular complexity index is 522. The fourth-order valence-corrected chi connectivity index (χ4v) is 2.06. The van der Waals surface area contributed by atoms with Crippen LogP contribution < -0.4 is 10.3 Å². The van der Waals surface area contributed by atoms with E-state index in [1.807, 2.05) is 6.92 Å². The smallest absolute Gasteiger partial charge is 0.209 e. The molecule has 6 heteroatoms. The zero-order valence-electron chi connectivity index (χ0n) is 14.5. The third-order valence-corrected chi connectivity index (χ3v) is 3.61. The van der Waals surface area contributed by atoms with Gasteiger partial charge in [0, 0.05) is 44.6 Å². The lowest BCUT2D eigenvalue weighted by Crippen LogP contribution is -2.45. The highest BCUT2D eigenvalue weighted by atomic mass is 19.1. The number of hydrogen-bond donors (Lipinski definition) is 1. The average Bonchev–Trinajstić information content (AvgIpc) is 2.63. The molecule has 0 atom stereocenters. The molecule has 24 heavy (non-hydrogen) atoms. The minimum absolute atomic E-state index is 0.217. The summed E-state index contributed by atoms with van der Waals surface area (Å²) in [5, 5.41) is 3.89. The molecule has 1 aliphatic heterocycles. The van der Waals surface area contributed by atoms with E-state index in [1.54, 1.807) is 23.2 Å². The Morgan fingerprint density at radius 3 is 2.38 bits per heavy atom. The van der Waals surface area contributed by atoms with Crippen LogP contribution in [-0.2, 0) is 4.79 Å². The van der Waals surface area contributed by atoms with E-state index >= 15 is 0 Å². The van der Waals surface area contributed by atoms with Crippen LogP contribution >= 0.6 is 0 Å². The third-order valence-electron chi connectivity index (χ3n) is 3.61. The largest absolute Gasteiger partial charge is 0.368 e. The van der Waals surface area contributed by atoms with Gasteiger partial charge in [0.2, 0.25) is 6.41 Å². The van der Waals surface area contributed by atoms with E-state index in [0.717, 1.165) is 56.8 Å². The first-order valence-electron chi connectivity index (χ1n) is 8.24. The molecule has 132 valence electrons. The Hall–Kier alpha value is -2.37. The molecule has 1 fully saturated rings. The molecule has 0 radical (unpaired) electrons. The van der Waals surface area contributed by atoms with Crippen molar-refractivity contribution in [3.63, 3.8) is 0 Å². The predicted octanol–water partition coefficient (Wildman–Crippen LogP) is 2.65. The van der Waals surface area contributed by atoms with Crippen LogP contribution in [0.15, 0.2) is 41.5 Å². The molecule has 0 unspecified atom stereocenters. The van der Waals surface area contributed by atoms with Gasteiger partial charge in [0.25, 0.3) is 0 Å². The molecule has 0 saturated carbocycles. The summed E-state index contributed by atoms with van der Waals surface area (Å²) in [7, 11) is 0. The quantitative estimate of drug-likeness (QED) is 0.494. The summed E-state index contributed by atoms with van der Waals surface area (Å²) in [6, 6.07) is 6.46. The van der Waals surface area contributed by atoms with Gasteiger partial charge in [-0.05, 0) is 43.2 Å². The number of rotatable bonds is 6. The van der Waals surface area contributed by atoms with Crippen LogP contribution in [0.1, 0.15) is 20.3 Å². The van der Waals surface area contributed by atoms with Crippen LogP contribution in [0.25, 0.3) is 0 Å².